The number of carbonyl (C=O) groups excluding carboxylic acids is 2. The summed E-state index contributed by atoms with van der Waals surface area (Å²) in [5.41, 5.74) is 1.54. The number of imide groups is 1. The van der Waals surface area contributed by atoms with Crippen molar-refractivity contribution in [1.29, 1.82) is 0 Å². The minimum absolute atomic E-state index is 0.128. The lowest BCUT2D eigenvalue weighted by Gasteiger charge is -2.45. The molecule has 1 aromatic heterocycles. The van der Waals surface area contributed by atoms with Gasteiger partial charge in [-0.2, -0.15) is 0 Å². The zero-order valence-electron chi connectivity index (χ0n) is 21.4. The van der Waals surface area contributed by atoms with Crippen LogP contribution in [0.4, 0.5) is 14.9 Å². The van der Waals surface area contributed by atoms with Gasteiger partial charge in [-0.1, -0.05) is 44.2 Å². The van der Waals surface area contributed by atoms with Crippen molar-refractivity contribution in [1.82, 2.24) is 14.8 Å². The summed E-state index contributed by atoms with van der Waals surface area (Å²) in [7, 11) is 1.61. The molecule has 2 aliphatic rings. The molecule has 1 spiro atoms. The van der Waals surface area contributed by atoms with Gasteiger partial charge in [-0.3, -0.25) is 14.7 Å². The van der Waals surface area contributed by atoms with Gasteiger partial charge in [0.05, 0.1) is 20.2 Å². The first-order valence-corrected chi connectivity index (χ1v) is 12.5. The van der Waals surface area contributed by atoms with Crippen LogP contribution in [0.3, 0.4) is 0 Å². The summed E-state index contributed by atoms with van der Waals surface area (Å²) < 4.78 is 20.1. The number of halogens is 1. The fourth-order valence-electron chi connectivity index (χ4n) is 5.48. The smallest absolute Gasteiger partial charge is 0.328 e. The Hall–Kier alpha value is -3.94. The van der Waals surface area contributed by atoms with Gasteiger partial charge in [-0.05, 0) is 29.7 Å². The molecule has 1 fully saturated rings. The number of carbonyl (C=O) groups is 2. The predicted octanol–water partition coefficient (Wildman–Crippen LogP) is 4.96. The molecule has 3 heterocycles. The van der Waals surface area contributed by atoms with Gasteiger partial charge in [0, 0.05) is 54.8 Å². The summed E-state index contributed by atoms with van der Waals surface area (Å²) in [6, 6.07) is 15.2. The number of methoxy groups -OCH3 is 1. The van der Waals surface area contributed by atoms with E-state index in [1.165, 1.54) is 11.0 Å². The summed E-state index contributed by atoms with van der Waals surface area (Å²) in [6.45, 7) is 5.78. The average molecular weight is 503 g/mol. The van der Waals surface area contributed by atoms with E-state index >= 15 is 0 Å². The third kappa shape index (κ3) is 4.30. The Bertz CT molecular complexity index is 1320. The van der Waals surface area contributed by atoms with Crippen LogP contribution in [-0.4, -0.2) is 46.9 Å². The van der Waals surface area contributed by atoms with E-state index in [9.17, 15) is 14.0 Å². The Morgan fingerprint density at radius 2 is 1.89 bits per heavy atom. The van der Waals surface area contributed by atoms with Crippen LogP contribution < -0.4 is 9.64 Å². The molecule has 2 aliphatic heterocycles. The van der Waals surface area contributed by atoms with Crippen molar-refractivity contribution in [3.8, 4) is 5.75 Å². The number of pyridine rings is 1. The summed E-state index contributed by atoms with van der Waals surface area (Å²) >= 11 is 0. The summed E-state index contributed by atoms with van der Waals surface area (Å²) in [4.78, 5) is 37.6. The first-order chi connectivity index (χ1) is 17.8. The normalized spacial score (nSPS) is 19.2. The van der Waals surface area contributed by atoms with Crippen LogP contribution in [0.1, 0.15) is 37.0 Å². The first kappa shape index (κ1) is 24.7. The Morgan fingerprint density at radius 3 is 2.59 bits per heavy atom. The maximum Gasteiger partial charge on any atom is 0.328 e. The largest absolute Gasteiger partial charge is 0.497 e. The lowest BCUT2D eigenvalue weighted by atomic mass is 9.80. The molecule has 1 atom stereocenters. The molecule has 0 saturated carbocycles. The number of ether oxygens (including phenoxy) is 1. The second-order valence-electron chi connectivity index (χ2n) is 10.0. The van der Waals surface area contributed by atoms with Crippen molar-refractivity contribution in [2.75, 3.05) is 25.1 Å². The fraction of sp³-hybridized carbons (Fsp3) is 0.345. The molecule has 0 aliphatic carbocycles. The third-order valence-corrected chi connectivity index (χ3v) is 7.19. The second-order valence-corrected chi connectivity index (χ2v) is 10.0. The summed E-state index contributed by atoms with van der Waals surface area (Å²) in [6.07, 6.45) is 3.80. The highest BCUT2D eigenvalue weighted by atomic mass is 19.1. The highest BCUT2D eigenvalue weighted by Crippen LogP contribution is 2.49. The van der Waals surface area contributed by atoms with Crippen LogP contribution in [0.25, 0.3) is 0 Å². The third-order valence-electron chi connectivity index (χ3n) is 7.19. The fourth-order valence-corrected chi connectivity index (χ4v) is 5.48. The summed E-state index contributed by atoms with van der Waals surface area (Å²) in [5, 5.41) is 0. The molecular weight excluding hydrogens is 471 g/mol. The number of fused-ring (bicyclic) bond motifs is 2. The molecule has 2 aromatic carbocycles. The van der Waals surface area contributed by atoms with Gasteiger partial charge in [0.2, 0.25) is 0 Å². The number of amides is 3. The van der Waals surface area contributed by atoms with E-state index in [1.807, 2.05) is 30.3 Å². The van der Waals surface area contributed by atoms with Gasteiger partial charge in [0.15, 0.2) is 5.54 Å². The maximum atomic E-state index is 14.6. The van der Waals surface area contributed by atoms with Gasteiger partial charge in [-0.25, -0.2) is 9.18 Å². The highest BCUT2D eigenvalue weighted by molar-refractivity contribution is 6.08. The summed E-state index contributed by atoms with van der Waals surface area (Å²) in [5.74, 6) is 0.307. The molecule has 0 N–H and O–H groups in total. The minimum Gasteiger partial charge on any atom is -0.497 e. The SMILES string of the molecule is COc1ccc2c(c1)N(CC(C)C)CCC21C(=O)N(Cc2ccccc2F)C(=O)N1Cc1cccnc1. The Labute approximate surface area is 216 Å². The van der Waals surface area contributed by atoms with Gasteiger partial charge in [0.1, 0.15) is 11.6 Å². The minimum atomic E-state index is -1.22. The number of rotatable bonds is 7. The monoisotopic (exact) mass is 502 g/mol. The quantitative estimate of drug-likeness (QED) is 0.428. The number of urea groups is 1. The molecule has 3 amide bonds. The van der Waals surface area contributed by atoms with Crippen LogP contribution >= 0.6 is 0 Å². The van der Waals surface area contributed by atoms with Crippen molar-refractivity contribution in [3.05, 3.63) is 89.5 Å². The number of benzene rings is 2. The number of nitrogens with zero attached hydrogens (tertiary/aromatic N) is 4. The topological polar surface area (TPSA) is 66.0 Å². The molecule has 0 bridgehead atoms. The van der Waals surface area contributed by atoms with Crippen LogP contribution in [-0.2, 0) is 23.4 Å². The molecule has 3 aromatic rings. The van der Waals surface area contributed by atoms with Crippen molar-refractivity contribution >= 4 is 17.6 Å². The van der Waals surface area contributed by atoms with E-state index < -0.39 is 17.4 Å². The highest BCUT2D eigenvalue weighted by Gasteiger charge is 2.60. The molecular formula is C29H31FN4O3. The Kier molecular flexibility index (Phi) is 6.58. The Morgan fingerprint density at radius 1 is 1.08 bits per heavy atom. The van der Waals surface area contributed by atoms with Crippen LogP contribution in [0, 0.1) is 11.7 Å². The second kappa shape index (κ2) is 9.84. The van der Waals surface area contributed by atoms with E-state index in [0.717, 1.165) is 23.4 Å². The van der Waals surface area contributed by atoms with Crippen molar-refractivity contribution in [3.63, 3.8) is 0 Å². The average Bonchev–Trinajstić information content (AvgIpc) is 3.09. The molecule has 8 heteroatoms. The number of hydrogen-bond donors (Lipinski definition) is 0. The molecule has 37 heavy (non-hydrogen) atoms. The maximum absolute atomic E-state index is 14.6. The van der Waals surface area contributed by atoms with Crippen molar-refractivity contribution in [2.24, 2.45) is 5.92 Å². The number of anilines is 1. The molecule has 7 nitrogen and oxygen atoms in total. The van der Waals surface area contributed by atoms with Gasteiger partial charge >= 0.3 is 6.03 Å². The van der Waals surface area contributed by atoms with E-state index in [2.05, 4.69) is 23.7 Å². The van der Waals surface area contributed by atoms with Crippen molar-refractivity contribution < 1.29 is 18.7 Å². The zero-order valence-corrected chi connectivity index (χ0v) is 21.4. The van der Waals surface area contributed by atoms with Gasteiger partial charge in [0.25, 0.3) is 5.91 Å². The zero-order chi connectivity index (χ0) is 26.2. The first-order valence-electron chi connectivity index (χ1n) is 12.5. The molecule has 0 radical (unpaired) electrons. The van der Waals surface area contributed by atoms with Gasteiger partial charge < -0.3 is 14.5 Å². The predicted molar refractivity (Wildman–Crippen MR) is 138 cm³/mol. The van der Waals surface area contributed by atoms with Crippen molar-refractivity contribution in [2.45, 2.75) is 38.9 Å². The number of hydrogen-bond acceptors (Lipinski definition) is 5. The lowest BCUT2D eigenvalue weighted by Crippen LogP contribution is -2.53. The lowest BCUT2D eigenvalue weighted by molar-refractivity contribution is -0.134. The molecule has 192 valence electrons. The molecule has 5 rings (SSSR count). The van der Waals surface area contributed by atoms with E-state index in [0.29, 0.717) is 30.2 Å². The number of aromatic nitrogens is 1. The van der Waals surface area contributed by atoms with Crippen LogP contribution in [0.5, 0.6) is 5.75 Å². The molecule has 1 unspecified atom stereocenters. The van der Waals surface area contributed by atoms with E-state index in [-0.39, 0.29) is 19.0 Å². The van der Waals surface area contributed by atoms with Gasteiger partial charge in [-0.15, -0.1) is 0 Å². The Balaban J connectivity index is 1.64. The van der Waals surface area contributed by atoms with Crippen LogP contribution in [0.15, 0.2) is 67.0 Å². The molecule has 1 saturated heterocycles. The van der Waals surface area contributed by atoms with E-state index in [4.69, 9.17) is 4.74 Å². The standard InChI is InChI=1S/C29H31FN4O3/c1-20(2)17-32-14-12-29(24-11-10-23(37-3)15-26(24)32)27(35)33(19-22-8-4-5-9-25(22)30)28(36)34(29)18-21-7-6-13-31-16-21/h4-11,13,15-16,20H,12,14,17-19H2,1-3H3. The van der Waals surface area contributed by atoms with E-state index in [1.54, 1.807) is 42.6 Å². The van der Waals surface area contributed by atoms with Crippen LogP contribution in [0.2, 0.25) is 0 Å².